The number of hydrogen-bond donors (Lipinski definition) is 14. The van der Waals surface area contributed by atoms with Crippen LogP contribution >= 0.6 is 0 Å². The van der Waals surface area contributed by atoms with E-state index in [0.717, 1.165) is 10.9 Å². The number of H-pyrrole nitrogens is 1. The molecule has 0 radical (unpaired) electrons. The first-order chi connectivity index (χ1) is 27.3. The van der Waals surface area contributed by atoms with Gasteiger partial charge in [-0.3, -0.25) is 29.4 Å². The maximum atomic E-state index is 14.2. The summed E-state index contributed by atoms with van der Waals surface area (Å²) < 4.78 is 0. The van der Waals surface area contributed by atoms with Gasteiger partial charge in [0.1, 0.15) is 30.2 Å². The van der Waals surface area contributed by atoms with Gasteiger partial charge in [-0.25, -0.2) is 4.79 Å². The summed E-state index contributed by atoms with van der Waals surface area (Å²) >= 11 is 0. The average Bonchev–Trinajstić information content (AvgIpc) is 3.59. The van der Waals surface area contributed by atoms with E-state index >= 15 is 0 Å². The minimum Gasteiger partial charge on any atom is -0.480 e. The Balaban J connectivity index is 2.43. The first kappa shape index (κ1) is 47.8. The van der Waals surface area contributed by atoms with E-state index in [4.69, 9.17) is 34.1 Å². The molecule has 1 aromatic carbocycles. The third-order valence-corrected chi connectivity index (χ3v) is 9.28. The highest BCUT2D eigenvalue weighted by molar-refractivity contribution is 5.96. The molecule has 0 spiro atoms. The Morgan fingerprint density at radius 2 is 1.09 bits per heavy atom. The van der Waals surface area contributed by atoms with Crippen molar-refractivity contribution >= 4 is 52.4 Å². The number of aromatic amines is 1. The first-order valence-corrected chi connectivity index (χ1v) is 19.5. The van der Waals surface area contributed by atoms with Crippen molar-refractivity contribution < 1.29 is 33.9 Å². The van der Waals surface area contributed by atoms with Crippen LogP contribution in [0.15, 0.2) is 30.5 Å². The number of nitrogens with two attached hydrogens (primary N) is 5. The SMILES string of the molecule is N=C(N)NCCC[C@H](NC(=O)CN)C(=O)N[C@@H](CCCCN)C(=O)N[C@@H](Cc1c[nH]c2ccccc12)C(=O)N[C@@H](CCCCN)C(=O)N[C@@H](CCCCN)C(=O)O. The minimum atomic E-state index is -1.26. The minimum absolute atomic E-state index is 0.0165. The van der Waals surface area contributed by atoms with Gasteiger partial charge < -0.3 is 70.7 Å². The summed E-state index contributed by atoms with van der Waals surface area (Å²) in [4.78, 5) is 82.9. The van der Waals surface area contributed by atoms with Gasteiger partial charge in [-0.1, -0.05) is 18.2 Å². The molecule has 0 aliphatic heterocycles. The van der Waals surface area contributed by atoms with Crippen molar-refractivity contribution in [2.24, 2.45) is 28.7 Å². The molecule has 20 nitrogen and oxygen atoms in total. The highest BCUT2D eigenvalue weighted by Crippen LogP contribution is 2.20. The predicted octanol–water partition coefficient (Wildman–Crippen LogP) is -2.17. The Kier molecular flexibility index (Phi) is 22.3. The number of hydrogen-bond acceptors (Lipinski definition) is 11. The maximum absolute atomic E-state index is 14.2. The number of guanidine groups is 1. The lowest BCUT2D eigenvalue weighted by molar-refractivity contribution is -0.142. The molecular weight excluding hydrogens is 738 g/mol. The normalized spacial score (nSPS) is 13.7. The number of rotatable bonds is 29. The van der Waals surface area contributed by atoms with Crippen LogP contribution in [0.1, 0.15) is 76.2 Å². The Morgan fingerprint density at radius 1 is 0.632 bits per heavy atom. The lowest BCUT2D eigenvalue weighted by Gasteiger charge is -2.27. The van der Waals surface area contributed by atoms with Gasteiger partial charge >= 0.3 is 5.97 Å². The second-order valence-electron chi connectivity index (χ2n) is 13.8. The zero-order chi connectivity index (χ0) is 42.2. The Hall–Kier alpha value is -5.31. The van der Waals surface area contributed by atoms with Crippen LogP contribution in [0.25, 0.3) is 10.9 Å². The number of unbranched alkanes of at least 4 members (excludes halogenated alkanes) is 3. The molecule has 0 bridgehead atoms. The molecule has 0 aliphatic rings. The molecule has 5 amide bonds. The summed E-state index contributed by atoms with van der Waals surface area (Å²) in [6.07, 6.45) is 5.59. The quantitative estimate of drug-likeness (QED) is 0.0237. The number of benzene rings is 1. The molecule has 0 fully saturated rings. The molecule has 5 atom stereocenters. The van der Waals surface area contributed by atoms with Crippen molar-refractivity contribution in [3.05, 3.63) is 36.0 Å². The fraction of sp³-hybridized carbons (Fsp3) is 0.595. The number of aliphatic carboxylic acids is 1. The molecule has 0 aliphatic carbocycles. The molecule has 2 rings (SSSR count). The van der Waals surface area contributed by atoms with Crippen molar-refractivity contribution in [2.75, 3.05) is 32.7 Å². The Labute approximate surface area is 332 Å². The van der Waals surface area contributed by atoms with E-state index in [1.54, 1.807) is 6.20 Å². The van der Waals surface area contributed by atoms with Crippen molar-refractivity contribution in [1.82, 2.24) is 36.9 Å². The van der Waals surface area contributed by atoms with Crippen LogP contribution in [0, 0.1) is 5.41 Å². The number of para-hydroxylation sites is 1. The zero-order valence-electron chi connectivity index (χ0n) is 32.6. The monoisotopic (exact) mass is 801 g/mol. The summed E-state index contributed by atoms with van der Waals surface area (Å²) in [5, 5.41) is 33.9. The highest BCUT2D eigenvalue weighted by atomic mass is 16.4. The van der Waals surface area contributed by atoms with E-state index in [9.17, 15) is 33.9 Å². The van der Waals surface area contributed by atoms with Gasteiger partial charge in [-0.05, 0) is 102 Å². The van der Waals surface area contributed by atoms with E-state index in [1.165, 1.54) is 0 Å². The van der Waals surface area contributed by atoms with Crippen LogP contribution in [0.4, 0.5) is 0 Å². The Morgan fingerprint density at radius 3 is 1.60 bits per heavy atom. The second-order valence-corrected chi connectivity index (χ2v) is 13.8. The summed E-state index contributed by atoms with van der Waals surface area (Å²) in [6.45, 7) is 0.901. The van der Waals surface area contributed by atoms with Crippen molar-refractivity contribution in [3.8, 4) is 0 Å². The van der Waals surface area contributed by atoms with Crippen LogP contribution in [0.5, 0.6) is 0 Å². The molecule has 1 heterocycles. The summed E-state index contributed by atoms with van der Waals surface area (Å²) in [7, 11) is 0. The smallest absolute Gasteiger partial charge is 0.326 e. The van der Waals surface area contributed by atoms with Gasteiger partial charge in [0.05, 0.1) is 6.54 Å². The molecule has 57 heavy (non-hydrogen) atoms. The van der Waals surface area contributed by atoms with Gasteiger partial charge in [0.25, 0.3) is 0 Å². The summed E-state index contributed by atoms with van der Waals surface area (Å²) in [5.41, 5.74) is 29.3. The van der Waals surface area contributed by atoms with E-state index in [1.807, 2.05) is 24.3 Å². The second kappa shape index (κ2) is 26.5. The number of aromatic nitrogens is 1. The van der Waals surface area contributed by atoms with Gasteiger partial charge in [-0.15, -0.1) is 0 Å². The zero-order valence-corrected chi connectivity index (χ0v) is 32.6. The van der Waals surface area contributed by atoms with Gasteiger partial charge in [0, 0.05) is 30.1 Å². The number of nitrogens with one attached hydrogen (secondary N) is 8. The van der Waals surface area contributed by atoms with Crippen LogP contribution < -0.4 is 60.6 Å². The number of carboxylic acid groups (broad SMARTS) is 1. The van der Waals surface area contributed by atoms with Gasteiger partial charge in [0.2, 0.25) is 29.5 Å². The fourth-order valence-electron chi connectivity index (χ4n) is 6.14. The highest BCUT2D eigenvalue weighted by Gasteiger charge is 2.33. The third kappa shape index (κ3) is 17.6. The lowest BCUT2D eigenvalue weighted by atomic mass is 10.0. The molecule has 0 unspecified atom stereocenters. The first-order valence-electron chi connectivity index (χ1n) is 19.5. The van der Waals surface area contributed by atoms with Crippen molar-refractivity contribution in [1.29, 1.82) is 5.41 Å². The molecule has 2 aromatic rings. The van der Waals surface area contributed by atoms with Crippen LogP contribution in [0.2, 0.25) is 0 Å². The number of amides is 5. The average molecular weight is 802 g/mol. The van der Waals surface area contributed by atoms with Crippen LogP contribution in [-0.2, 0) is 35.2 Å². The van der Waals surface area contributed by atoms with E-state index in [0.29, 0.717) is 70.1 Å². The molecule has 318 valence electrons. The molecule has 19 N–H and O–H groups in total. The maximum Gasteiger partial charge on any atom is 0.326 e. The molecule has 20 heteroatoms. The third-order valence-electron chi connectivity index (χ3n) is 9.28. The lowest BCUT2D eigenvalue weighted by Crippen LogP contribution is -2.59. The molecule has 0 saturated heterocycles. The van der Waals surface area contributed by atoms with Crippen LogP contribution in [-0.4, -0.2) is 114 Å². The summed E-state index contributed by atoms with van der Waals surface area (Å²) in [5.74, 6) is -4.85. The van der Waals surface area contributed by atoms with E-state index < -0.39 is 65.7 Å². The number of carbonyl (C=O) groups is 6. The topological polar surface area (TPSA) is 365 Å². The van der Waals surface area contributed by atoms with Gasteiger partial charge in [-0.2, -0.15) is 0 Å². The predicted molar refractivity (Wildman–Crippen MR) is 216 cm³/mol. The van der Waals surface area contributed by atoms with Crippen molar-refractivity contribution in [2.45, 2.75) is 107 Å². The number of fused-ring (bicyclic) bond motifs is 1. The molecule has 0 saturated carbocycles. The van der Waals surface area contributed by atoms with E-state index in [2.05, 4.69) is 36.9 Å². The molecule has 1 aromatic heterocycles. The summed E-state index contributed by atoms with van der Waals surface area (Å²) in [6, 6.07) is 1.51. The van der Waals surface area contributed by atoms with Crippen LogP contribution in [0.3, 0.4) is 0 Å². The number of carbonyl (C=O) groups excluding carboxylic acids is 5. The van der Waals surface area contributed by atoms with E-state index in [-0.39, 0.29) is 51.2 Å². The number of carboxylic acids is 1. The van der Waals surface area contributed by atoms with Crippen molar-refractivity contribution in [3.63, 3.8) is 0 Å². The largest absolute Gasteiger partial charge is 0.480 e. The van der Waals surface area contributed by atoms with Gasteiger partial charge in [0.15, 0.2) is 5.96 Å². The Bertz CT molecular complexity index is 1600. The fourth-order valence-corrected chi connectivity index (χ4v) is 6.14. The standard InChI is InChI=1S/C37H63N13O7/c38-16-6-3-12-27(33(53)49-29(36(56)57)14-5-8-18-40)48-35(55)30(20-23-22-45-25-11-2-1-10-24(23)25)50-34(54)28(13-4-7-17-39)47-32(52)26(46-31(51)21-41)15-9-19-44-37(42)43/h1-2,10-11,22,26-30,45H,3-9,12-21,38-41H2,(H,46,51)(H,47,52)(H,48,55)(H,49,53)(H,50,54)(H,56,57)(H4,42,43,44)/t26-,27-,28-,29-,30-/m0/s1. The molecular formula is C37H63N13O7.